The van der Waals surface area contributed by atoms with Gasteiger partial charge < -0.3 is 5.32 Å². The molecule has 1 amide bonds. The number of imidazole rings is 1. The molecule has 0 aliphatic carbocycles. The molecule has 1 aromatic heterocycles. The van der Waals surface area contributed by atoms with Gasteiger partial charge in [0, 0.05) is 12.4 Å². The van der Waals surface area contributed by atoms with Crippen LogP contribution in [0.3, 0.4) is 0 Å². The molecule has 0 saturated heterocycles. The van der Waals surface area contributed by atoms with Gasteiger partial charge in [0.2, 0.25) is 5.82 Å². The SMILES string of the molecule is O=C1N[CH]C(=O)n2ccnc21. The van der Waals surface area contributed by atoms with E-state index in [4.69, 9.17) is 0 Å². The molecule has 55 valence electrons. The predicted molar refractivity (Wildman–Crippen MR) is 34.6 cm³/mol. The van der Waals surface area contributed by atoms with Gasteiger partial charge in [0.05, 0.1) is 0 Å². The highest BCUT2D eigenvalue weighted by atomic mass is 16.2. The smallest absolute Gasteiger partial charge is 0.288 e. The van der Waals surface area contributed by atoms with Crippen molar-refractivity contribution in [3.05, 3.63) is 24.8 Å². The first kappa shape index (κ1) is 6.09. The van der Waals surface area contributed by atoms with E-state index in [2.05, 4.69) is 10.3 Å². The lowest BCUT2D eigenvalue weighted by Gasteiger charge is -2.11. The molecule has 0 fully saturated rings. The maximum Gasteiger partial charge on any atom is 0.288 e. The first-order valence-corrected chi connectivity index (χ1v) is 3.01. The lowest BCUT2D eigenvalue weighted by molar-refractivity contribution is 0.0838. The number of nitrogens with one attached hydrogen (secondary N) is 1. The summed E-state index contributed by atoms with van der Waals surface area (Å²) in [6.07, 6.45) is 2.86. The predicted octanol–water partition coefficient (Wildman–Crippen LogP) is -0.572. The van der Waals surface area contributed by atoms with Gasteiger partial charge in [-0.25, -0.2) is 4.98 Å². The molecule has 0 atom stereocenters. The molecular weight excluding hydrogens is 146 g/mol. The molecule has 2 heterocycles. The number of hydrogen-bond acceptors (Lipinski definition) is 3. The Balaban J connectivity index is 2.59. The summed E-state index contributed by atoms with van der Waals surface area (Å²) in [5.41, 5.74) is 0. The van der Waals surface area contributed by atoms with Gasteiger partial charge in [-0.15, -0.1) is 0 Å². The highest BCUT2D eigenvalue weighted by molar-refractivity contribution is 6.04. The lowest BCUT2D eigenvalue weighted by atomic mass is 10.4. The minimum absolute atomic E-state index is 0.137. The summed E-state index contributed by atoms with van der Waals surface area (Å²) in [7, 11) is 0. The molecule has 1 aliphatic rings. The Labute approximate surface area is 62.0 Å². The van der Waals surface area contributed by atoms with E-state index in [1.807, 2.05) is 0 Å². The number of fused-ring (bicyclic) bond motifs is 1. The molecule has 5 heteroatoms. The third-order valence-electron chi connectivity index (χ3n) is 1.41. The van der Waals surface area contributed by atoms with Crippen LogP contribution in [0.1, 0.15) is 15.4 Å². The van der Waals surface area contributed by atoms with Crippen molar-refractivity contribution in [3.63, 3.8) is 0 Å². The minimum Gasteiger partial charge on any atom is -0.335 e. The first-order valence-electron chi connectivity index (χ1n) is 3.01. The van der Waals surface area contributed by atoms with Crippen molar-refractivity contribution in [1.82, 2.24) is 14.9 Å². The van der Waals surface area contributed by atoms with E-state index in [1.54, 1.807) is 0 Å². The van der Waals surface area contributed by atoms with E-state index < -0.39 is 0 Å². The van der Waals surface area contributed by atoms with Crippen LogP contribution in [0.5, 0.6) is 0 Å². The van der Waals surface area contributed by atoms with Crippen molar-refractivity contribution in [2.75, 3.05) is 0 Å². The Bertz CT molecular complexity index is 298. The summed E-state index contributed by atoms with van der Waals surface area (Å²) in [6, 6.07) is 0. The van der Waals surface area contributed by atoms with Crippen LogP contribution in [-0.2, 0) is 0 Å². The van der Waals surface area contributed by atoms with Crippen molar-refractivity contribution in [2.24, 2.45) is 0 Å². The molecule has 1 N–H and O–H groups in total. The quantitative estimate of drug-likeness (QED) is 0.538. The number of amides is 1. The van der Waals surface area contributed by atoms with E-state index in [0.29, 0.717) is 0 Å². The third-order valence-corrected chi connectivity index (χ3v) is 1.41. The Morgan fingerprint density at radius 2 is 2.27 bits per heavy atom. The van der Waals surface area contributed by atoms with E-state index in [-0.39, 0.29) is 17.6 Å². The third kappa shape index (κ3) is 0.739. The number of carbonyl (C=O) groups excluding carboxylic acids is 2. The highest BCUT2D eigenvalue weighted by Gasteiger charge is 2.23. The topological polar surface area (TPSA) is 64.0 Å². The standard InChI is InChI=1S/C6H4N3O2/c10-4-3-8-6(11)5-7-1-2-9(4)5/h1-3H,(H,8,11). The Hall–Kier alpha value is -1.65. The van der Waals surface area contributed by atoms with Crippen LogP contribution in [0.15, 0.2) is 12.4 Å². The molecule has 0 aromatic carbocycles. The largest absolute Gasteiger partial charge is 0.335 e. The number of rotatable bonds is 0. The first-order chi connectivity index (χ1) is 5.29. The number of carbonyl (C=O) groups is 2. The van der Waals surface area contributed by atoms with Crippen LogP contribution in [-0.4, -0.2) is 21.4 Å². The van der Waals surface area contributed by atoms with Gasteiger partial charge >= 0.3 is 0 Å². The van der Waals surface area contributed by atoms with Crippen LogP contribution >= 0.6 is 0 Å². The number of nitrogens with zero attached hydrogens (tertiary/aromatic N) is 2. The van der Waals surface area contributed by atoms with Crippen molar-refractivity contribution in [1.29, 1.82) is 0 Å². The van der Waals surface area contributed by atoms with Crippen LogP contribution in [0.25, 0.3) is 0 Å². The van der Waals surface area contributed by atoms with E-state index in [1.165, 1.54) is 17.0 Å². The zero-order valence-corrected chi connectivity index (χ0v) is 5.44. The molecule has 11 heavy (non-hydrogen) atoms. The molecule has 5 nitrogen and oxygen atoms in total. The van der Waals surface area contributed by atoms with Gasteiger partial charge in [-0.1, -0.05) is 0 Å². The number of hydrogen-bond donors (Lipinski definition) is 1. The second-order valence-corrected chi connectivity index (χ2v) is 2.08. The average molecular weight is 150 g/mol. The molecule has 0 saturated carbocycles. The fourth-order valence-corrected chi connectivity index (χ4v) is 0.911. The molecule has 1 aromatic rings. The van der Waals surface area contributed by atoms with Gasteiger partial charge in [0.1, 0.15) is 6.54 Å². The maximum atomic E-state index is 10.9. The van der Waals surface area contributed by atoms with Crippen LogP contribution in [0, 0.1) is 6.54 Å². The minimum atomic E-state index is -0.352. The summed E-state index contributed by atoms with van der Waals surface area (Å²) >= 11 is 0. The lowest BCUT2D eigenvalue weighted by Crippen LogP contribution is -2.36. The average Bonchev–Trinajstić information content (AvgIpc) is 2.45. The van der Waals surface area contributed by atoms with Crippen LogP contribution in [0.2, 0.25) is 0 Å². The monoisotopic (exact) mass is 150 g/mol. The van der Waals surface area contributed by atoms with E-state index in [9.17, 15) is 9.59 Å². The summed E-state index contributed by atoms with van der Waals surface area (Å²) < 4.78 is 1.19. The van der Waals surface area contributed by atoms with Crippen molar-refractivity contribution in [2.45, 2.75) is 0 Å². The molecule has 1 aliphatic heterocycles. The van der Waals surface area contributed by atoms with Gasteiger partial charge in [-0.3, -0.25) is 14.2 Å². The fourth-order valence-electron chi connectivity index (χ4n) is 0.911. The summed E-state index contributed by atoms with van der Waals surface area (Å²) in [5.74, 6) is -0.496. The Morgan fingerprint density at radius 3 is 3.00 bits per heavy atom. The van der Waals surface area contributed by atoms with Gasteiger partial charge in [-0.2, -0.15) is 0 Å². The maximum absolute atomic E-state index is 10.9. The van der Waals surface area contributed by atoms with Gasteiger partial charge in [-0.05, 0) is 0 Å². The zero-order valence-electron chi connectivity index (χ0n) is 5.44. The Morgan fingerprint density at radius 1 is 1.45 bits per heavy atom. The van der Waals surface area contributed by atoms with Crippen molar-refractivity contribution < 1.29 is 9.59 Å². The van der Waals surface area contributed by atoms with E-state index in [0.717, 1.165) is 6.54 Å². The molecule has 1 radical (unpaired) electrons. The second kappa shape index (κ2) is 1.91. The normalized spacial score (nSPS) is 16.0. The van der Waals surface area contributed by atoms with Crippen molar-refractivity contribution in [3.8, 4) is 0 Å². The van der Waals surface area contributed by atoms with Gasteiger partial charge in [0.25, 0.3) is 11.8 Å². The van der Waals surface area contributed by atoms with Crippen LogP contribution in [0.4, 0.5) is 0 Å². The molecule has 0 spiro atoms. The molecular formula is C6H4N3O2. The van der Waals surface area contributed by atoms with E-state index >= 15 is 0 Å². The summed E-state index contributed by atoms with van der Waals surface area (Å²) in [4.78, 5) is 25.6. The molecule has 2 rings (SSSR count). The molecule has 0 bridgehead atoms. The summed E-state index contributed by atoms with van der Waals surface area (Å²) in [5, 5.41) is 2.28. The summed E-state index contributed by atoms with van der Waals surface area (Å²) in [6.45, 7) is 1.11. The van der Waals surface area contributed by atoms with Gasteiger partial charge in [0.15, 0.2) is 0 Å². The Kier molecular flexibility index (Phi) is 1.06. The fraction of sp³-hybridized carbons (Fsp3) is 0. The molecule has 0 unspecified atom stereocenters. The number of aromatic nitrogens is 2. The van der Waals surface area contributed by atoms with Crippen molar-refractivity contribution >= 4 is 11.8 Å². The second-order valence-electron chi connectivity index (χ2n) is 2.08. The zero-order chi connectivity index (χ0) is 7.84. The highest BCUT2D eigenvalue weighted by Crippen LogP contribution is 2.03. The van der Waals surface area contributed by atoms with Crippen LogP contribution < -0.4 is 5.32 Å².